The average molecular weight is 549 g/mol. The Morgan fingerprint density at radius 3 is 2.70 bits per heavy atom. The summed E-state index contributed by atoms with van der Waals surface area (Å²) in [7, 11) is 1.88. The van der Waals surface area contributed by atoms with Crippen LogP contribution >= 0.6 is 0 Å². The van der Waals surface area contributed by atoms with Crippen molar-refractivity contribution in [3.05, 3.63) is 67.3 Å². The number of amides is 2. The highest BCUT2D eigenvalue weighted by atomic mass is 16.6. The maximum Gasteiger partial charge on any atom is 0.319 e. The average Bonchev–Trinajstić information content (AvgIpc) is 3.50. The first-order valence-corrected chi connectivity index (χ1v) is 12.9. The number of hydrogen-bond donors (Lipinski definition) is 5. The predicted octanol–water partition coefficient (Wildman–Crippen LogP) is 1.96. The number of fused-ring (bicyclic) bond motifs is 1. The van der Waals surface area contributed by atoms with E-state index in [2.05, 4.69) is 25.6 Å². The lowest BCUT2D eigenvalue weighted by Crippen LogP contribution is -2.39. The number of nitrogens with two attached hydrogens (primary N) is 1. The van der Waals surface area contributed by atoms with Crippen molar-refractivity contribution in [3.8, 4) is 11.5 Å². The first kappa shape index (κ1) is 27.3. The van der Waals surface area contributed by atoms with Gasteiger partial charge in [0, 0.05) is 13.1 Å². The molecule has 2 aromatic carbocycles. The number of aliphatic hydroxyl groups is 2. The summed E-state index contributed by atoms with van der Waals surface area (Å²) in [4.78, 5) is 26.8. The highest BCUT2D eigenvalue weighted by Crippen LogP contribution is 2.32. The SMILES string of the molecule is CN(CCCNC(=O)Nc1ccccc1Oc1ccccc1)CC1OC(n2cnc3c(N)ncnc32)C(O)C1O. The van der Waals surface area contributed by atoms with Crippen LogP contribution in [-0.4, -0.2) is 85.7 Å². The van der Waals surface area contributed by atoms with Gasteiger partial charge in [0.15, 0.2) is 23.4 Å². The zero-order valence-corrected chi connectivity index (χ0v) is 21.9. The molecule has 3 heterocycles. The number of nitrogens with zero attached hydrogens (tertiary/aromatic N) is 5. The van der Waals surface area contributed by atoms with Crippen molar-refractivity contribution in [2.24, 2.45) is 0 Å². The molecule has 0 bridgehead atoms. The topological polar surface area (TPSA) is 173 Å². The molecule has 0 radical (unpaired) electrons. The van der Waals surface area contributed by atoms with Crippen molar-refractivity contribution < 1.29 is 24.5 Å². The quantitative estimate of drug-likeness (QED) is 0.184. The van der Waals surface area contributed by atoms with Gasteiger partial charge in [-0.05, 0) is 44.3 Å². The second-order valence-corrected chi connectivity index (χ2v) is 9.54. The van der Waals surface area contributed by atoms with Gasteiger partial charge in [-0.25, -0.2) is 19.7 Å². The molecule has 6 N–H and O–H groups in total. The molecule has 0 aliphatic carbocycles. The molecule has 4 aromatic rings. The summed E-state index contributed by atoms with van der Waals surface area (Å²) < 4.78 is 13.4. The van der Waals surface area contributed by atoms with Crippen LogP contribution in [0.4, 0.5) is 16.3 Å². The third kappa shape index (κ3) is 6.13. The Labute approximate surface area is 230 Å². The number of benzene rings is 2. The van der Waals surface area contributed by atoms with E-state index < -0.39 is 24.5 Å². The molecule has 13 heteroatoms. The minimum absolute atomic E-state index is 0.222. The van der Waals surface area contributed by atoms with Gasteiger partial charge in [0.1, 0.15) is 35.9 Å². The number of nitrogen functional groups attached to an aromatic ring is 1. The summed E-state index contributed by atoms with van der Waals surface area (Å²) in [5, 5.41) is 27.0. The highest BCUT2D eigenvalue weighted by Gasteiger charge is 2.44. The van der Waals surface area contributed by atoms with Crippen LogP contribution < -0.4 is 21.1 Å². The number of para-hydroxylation sites is 3. The Bertz CT molecular complexity index is 1430. The molecule has 5 rings (SSSR count). The van der Waals surface area contributed by atoms with Gasteiger partial charge in [0.25, 0.3) is 0 Å². The molecule has 0 saturated carbocycles. The van der Waals surface area contributed by atoms with Gasteiger partial charge in [0.2, 0.25) is 0 Å². The molecule has 1 aliphatic heterocycles. The number of ether oxygens (including phenoxy) is 2. The van der Waals surface area contributed by atoms with Gasteiger partial charge in [-0.2, -0.15) is 0 Å². The molecule has 1 aliphatic rings. The van der Waals surface area contributed by atoms with Gasteiger partial charge in [0.05, 0.1) is 12.0 Å². The number of nitrogens with one attached hydrogen (secondary N) is 2. The molecular weight excluding hydrogens is 516 g/mol. The zero-order chi connectivity index (χ0) is 28.1. The fourth-order valence-electron chi connectivity index (χ4n) is 4.56. The molecule has 2 amide bonds. The Morgan fingerprint density at radius 1 is 1.10 bits per heavy atom. The number of aromatic nitrogens is 4. The molecule has 4 atom stereocenters. The lowest BCUT2D eigenvalue weighted by atomic mass is 10.1. The Morgan fingerprint density at radius 2 is 1.88 bits per heavy atom. The molecule has 2 aromatic heterocycles. The van der Waals surface area contributed by atoms with Crippen molar-refractivity contribution in [2.75, 3.05) is 37.7 Å². The molecule has 1 saturated heterocycles. The summed E-state index contributed by atoms with van der Waals surface area (Å²) in [6, 6.07) is 16.2. The van der Waals surface area contributed by atoms with Gasteiger partial charge in [-0.15, -0.1) is 0 Å². The second kappa shape index (κ2) is 12.3. The molecule has 4 unspecified atom stereocenters. The number of carbonyl (C=O) groups is 1. The molecule has 1 fully saturated rings. The van der Waals surface area contributed by atoms with E-state index in [0.29, 0.717) is 54.4 Å². The van der Waals surface area contributed by atoms with Gasteiger partial charge in [-0.1, -0.05) is 30.3 Å². The maximum atomic E-state index is 12.5. The van der Waals surface area contributed by atoms with E-state index in [0.717, 1.165) is 0 Å². The maximum absolute atomic E-state index is 12.5. The van der Waals surface area contributed by atoms with E-state index >= 15 is 0 Å². The lowest BCUT2D eigenvalue weighted by molar-refractivity contribution is -0.0421. The molecule has 0 spiro atoms. The monoisotopic (exact) mass is 548 g/mol. The van der Waals surface area contributed by atoms with Gasteiger partial charge < -0.3 is 41.0 Å². The minimum Gasteiger partial charge on any atom is -0.455 e. The fourth-order valence-corrected chi connectivity index (χ4v) is 4.56. The van der Waals surface area contributed by atoms with E-state index in [1.54, 1.807) is 16.7 Å². The Balaban J connectivity index is 1.07. The second-order valence-electron chi connectivity index (χ2n) is 9.54. The zero-order valence-electron chi connectivity index (χ0n) is 21.9. The smallest absolute Gasteiger partial charge is 0.319 e. The highest BCUT2D eigenvalue weighted by molar-refractivity contribution is 5.91. The van der Waals surface area contributed by atoms with Crippen LogP contribution in [0.5, 0.6) is 11.5 Å². The van der Waals surface area contributed by atoms with Crippen molar-refractivity contribution >= 4 is 28.7 Å². The summed E-state index contributed by atoms with van der Waals surface area (Å²) in [5.41, 5.74) is 7.22. The predicted molar refractivity (Wildman–Crippen MR) is 148 cm³/mol. The lowest BCUT2D eigenvalue weighted by Gasteiger charge is -2.22. The summed E-state index contributed by atoms with van der Waals surface area (Å²) in [5.74, 6) is 1.44. The number of imidazole rings is 1. The summed E-state index contributed by atoms with van der Waals surface area (Å²) in [6.07, 6.45) is -0.359. The van der Waals surface area contributed by atoms with Crippen LogP contribution in [0, 0.1) is 0 Å². The van der Waals surface area contributed by atoms with Crippen LogP contribution in [0.2, 0.25) is 0 Å². The third-order valence-corrected chi connectivity index (χ3v) is 6.60. The van der Waals surface area contributed by atoms with E-state index in [4.69, 9.17) is 15.2 Å². The Hall–Kier alpha value is -4.30. The molecular formula is C27H32N8O5. The van der Waals surface area contributed by atoms with Gasteiger partial charge >= 0.3 is 6.03 Å². The van der Waals surface area contributed by atoms with Crippen molar-refractivity contribution in [3.63, 3.8) is 0 Å². The number of rotatable bonds is 10. The fraction of sp³-hybridized carbons (Fsp3) is 0.333. The van der Waals surface area contributed by atoms with Crippen molar-refractivity contribution in [1.29, 1.82) is 0 Å². The van der Waals surface area contributed by atoms with Crippen LogP contribution in [0.3, 0.4) is 0 Å². The minimum atomic E-state index is -1.17. The van der Waals surface area contributed by atoms with E-state index in [9.17, 15) is 15.0 Å². The molecule has 40 heavy (non-hydrogen) atoms. The van der Waals surface area contributed by atoms with Crippen LogP contribution in [0.25, 0.3) is 11.2 Å². The number of hydrogen-bond acceptors (Lipinski definition) is 10. The number of urea groups is 1. The third-order valence-electron chi connectivity index (χ3n) is 6.60. The van der Waals surface area contributed by atoms with Crippen molar-refractivity contribution in [2.45, 2.75) is 31.0 Å². The number of carbonyl (C=O) groups excluding carboxylic acids is 1. The first-order valence-electron chi connectivity index (χ1n) is 12.9. The van der Waals surface area contributed by atoms with E-state index in [1.165, 1.54) is 12.7 Å². The number of likely N-dealkylation sites (N-methyl/N-ethyl adjacent to an activating group) is 1. The standard InChI is InChI=1S/C27H32N8O5/c1-34(14-20-22(36)23(37)26(40-20)35-16-32-21-24(28)30-15-31-25(21)35)13-7-12-29-27(38)33-18-10-5-6-11-19(18)39-17-8-3-2-4-9-17/h2-6,8-11,15-16,20,22-23,26,36-37H,7,12-14H2,1H3,(H2,28,30,31)(H2,29,33,38). The van der Waals surface area contributed by atoms with Crippen LogP contribution in [0.1, 0.15) is 12.6 Å². The van der Waals surface area contributed by atoms with Crippen LogP contribution in [-0.2, 0) is 4.74 Å². The summed E-state index contributed by atoms with van der Waals surface area (Å²) >= 11 is 0. The molecule has 210 valence electrons. The first-order chi connectivity index (χ1) is 19.4. The van der Waals surface area contributed by atoms with Gasteiger partial charge in [-0.3, -0.25) is 4.57 Å². The molecule has 13 nitrogen and oxygen atoms in total. The normalized spacial score (nSPS) is 20.6. The van der Waals surface area contributed by atoms with Crippen LogP contribution in [0.15, 0.2) is 67.3 Å². The van der Waals surface area contributed by atoms with Crippen molar-refractivity contribution in [1.82, 2.24) is 29.7 Å². The van der Waals surface area contributed by atoms with E-state index in [-0.39, 0.29) is 11.8 Å². The number of aliphatic hydroxyl groups excluding tert-OH is 2. The largest absolute Gasteiger partial charge is 0.455 e. The van der Waals surface area contributed by atoms with E-state index in [1.807, 2.05) is 54.4 Å². The summed E-state index contributed by atoms with van der Waals surface area (Å²) in [6.45, 7) is 1.42. The number of anilines is 2. The Kier molecular flexibility index (Phi) is 8.36.